The molecule has 3 rings (SSSR count). The molecule has 6 nitrogen and oxygen atoms in total. The van der Waals surface area contributed by atoms with Gasteiger partial charge in [-0.3, -0.25) is 9.78 Å². The maximum atomic E-state index is 11.9. The van der Waals surface area contributed by atoms with Crippen LogP contribution in [0.15, 0.2) is 24.8 Å². The van der Waals surface area contributed by atoms with Crippen LogP contribution in [-0.2, 0) is 11.8 Å². The summed E-state index contributed by atoms with van der Waals surface area (Å²) in [6, 6.07) is 0. The predicted molar refractivity (Wildman–Crippen MR) is 88.1 cm³/mol. The van der Waals surface area contributed by atoms with Crippen molar-refractivity contribution in [3.8, 4) is 11.5 Å². The summed E-state index contributed by atoms with van der Waals surface area (Å²) in [4.78, 5) is 27.3. The highest BCUT2D eigenvalue weighted by Gasteiger charge is 2.27. The summed E-state index contributed by atoms with van der Waals surface area (Å²) in [5, 5.41) is 0. The van der Waals surface area contributed by atoms with Gasteiger partial charge < -0.3 is 9.47 Å². The van der Waals surface area contributed by atoms with Crippen molar-refractivity contribution in [2.24, 2.45) is 7.05 Å². The van der Waals surface area contributed by atoms with Gasteiger partial charge in [-0.1, -0.05) is 0 Å². The molecule has 0 aliphatic carbocycles. The predicted octanol–water partition coefficient (Wildman–Crippen LogP) is 2.21. The fourth-order valence-corrected chi connectivity index (χ4v) is 3.22. The van der Waals surface area contributed by atoms with Crippen LogP contribution in [0.4, 0.5) is 0 Å². The van der Waals surface area contributed by atoms with E-state index in [4.69, 9.17) is 11.6 Å². The van der Waals surface area contributed by atoms with Crippen LogP contribution >= 0.6 is 11.6 Å². The third-order valence-electron chi connectivity index (χ3n) is 4.30. The Kier molecular flexibility index (Phi) is 4.91. The molecule has 23 heavy (non-hydrogen) atoms. The van der Waals surface area contributed by atoms with Gasteiger partial charge in [0.05, 0.1) is 5.69 Å². The molecule has 0 N–H and O–H groups in total. The lowest BCUT2D eigenvalue weighted by Gasteiger charge is -2.32. The largest absolute Gasteiger partial charge is 0.343 e. The third kappa shape index (κ3) is 3.37. The Hall–Kier alpha value is -1.95. The first-order valence-corrected chi connectivity index (χ1v) is 8.36. The molecule has 0 unspecified atom stereocenters. The second-order valence-electron chi connectivity index (χ2n) is 5.75. The van der Waals surface area contributed by atoms with E-state index in [1.54, 1.807) is 18.6 Å². The van der Waals surface area contributed by atoms with Gasteiger partial charge in [0.15, 0.2) is 5.82 Å². The van der Waals surface area contributed by atoms with Crippen LogP contribution in [-0.4, -0.2) is 49.3 Å². The van der Waals surface area contributed by atoms with Crippen molar-refractivity contribution in [3.63, 3.8) is 0 Å². The summed E-state index contributed by atoms with van der Waals surface area (Å²) in [5.41, 5.74) is 1.82. The van der Waals surface area contributed by atoms with Crippen LogP contribution < -0.4 is 0 Å². The Balaban J connectivity index is 1.77. The van der Waals surface area contributed by atoms with Gasteiger partial charge >= 0.3 is 0 Å². The summed E-state index contributed by atoms with van der Waals surface area (Å²) in [5.74, 6) is 1.65. The van der Waals surface area contributed by atoms with Gasteiger partial charge in [-0.15, -0.1) is 11.6 Å². The zero-order valence-corrected chi connectivity index (χ0v) is 13.9. The lowest BCUT2D eigenvalue weighted by atomic mass is 9.91. The van der Waals surface area contributed by atoms with Gasteiger partial charge in [0.1, 0.15) is 5.69 Å². The number of rotatable bonds is 4. The van der Waals surface area contributed by atoms with Crippen LogP contribution in [0.5, 0.6) is 0 Å². The molecular weight excluding hydrogens is 314 g/mol. The Bertz CT molecular complexity index is 679. The van der Waals surface area contributed by atoms with Crippen LogP contribution in [0.1, 0.15) is 30.9 Å². The molecule has 1 saturated heterocycles. The van der Waals surface area contributed by atoms with Gasteiger partial charge in [0.25, 0.3) is 0 Å². The maximum absolute atomic E-state index is 11.9. The average molecular weight is 334 g/mol. The molecule has 0 spiro atoms. The smallest absolute Gasteiger partial charge is 0.223 e. The van der Waals surface area contributed by atoms with Gasteiger partial charge in [-0.25, -0.2) is 9.97 Å². The van der Waals surface area contributed by atoms with E-state index in [1.165, 1.54) is 0 Å². The first-order chi connectivity index (χ1) is 11.2. The molecule has 1 fully saturated rings. The molecule has 0 aromatic carbocycles. The molecule has 1 aliphatic rings. The molecule has 0 bridgehead atoms. The standard InChI is InChI=1S/C16H20ClN5O/c1-21-11-8-20-16(21)15-14(18-6-7-19-15)12-3-9-22(10-4-12)13(23)2-5-17/h6-8,11-12H,2-5,9-10H2,1H3. The molecule has 0 saturated carbocycles. The fourth-order valence-electron chi connectivity index (χ4n) is 3.05. The minimum Gasteiger partial charge on any atom is -0.343 e. The van der Waals surface area contributed by atoms with Crippen molar-refractivity contribution >= 4 is 17.5 Å². The fraction of sp³-hybridized carbons (Fsp3) is 0.500. The number of carbonyl (C=O) groups is 1. The first-order valence-electron chi connectivity index (χ1n) is 7.83. The minimum absolute atomic E-state index is 0.141. The number of imidazole rings is 1. The second-order valence-corrected chi connectivity index (χ2v) is 6.12. The lowest BCUT2D eigenvalue weighted by molar-refractivity contribution is -0.131. The van der Waals surface area contributed by atoms with E-state index >= 15 is 0 Å². The van der Waals surface area contributed by atoms with Crippen LogP contribution in [0.25, 0.3) is 11.5 Å². The summed E-state index contributed by atoms with van der Waals surface area (Å²) in [7, 11) is 1.95. The summed E-state index contributed by atoms with van der Waals surface area (Å²) >= 11 is 5.66. The van der Waals surface area contributed by atoms with E-state index in [0.29, 0.717) is 18.2 Å². The van der Waals surface area contributed by atoms with Crippen molar-refractivity contribution in [3.05, 3.63) is 30.5 Å². The Labute approximate surface area is 140 Å². The van der Waals surface area contributed by atoms with Crippen LogP contribution in [0, 0.1) is 0 Å². The molecule has 0 radical (unpaired) electrons. The highest BCUT2D eigenvalue weighted by atomic mass is 35.5. The third-order valence-corrected chi connectivity index (χ3v) is 4.49. The lowest BCUT2D eigenvalue weighted by Crippen LogP contribution is -2.38. The van der Waals surface area contributed by atoms with Gasteiger partial charge in [-0.05, 0) is 12.8 Å². The van der Waals surface area contributed by atoms with Crippen molar-refractivity contribution in [2.45, 2.75) is 25.2 Å². The summed E-state index contributed by atoms with van der Waals surface area (Å²) < 4.78 is 1.95. The highest BCUT2D eigenvalue weighted by Crippen LogP contribution is 2.32. The molecular formula is C16H20ClN5O. The zero-order valence-electron chi connectivity index (χ0n) is 13.2. The van der Waals surface area contributed by atoms with Crippen LogP contribution in [0.2, 0.25) is 0 Å². The number of hydrogen-bond donors (Lipinski definition) is 0. The number of nitrogens with zero attached hydrogens (tertiary/aromatic N) is 5. The number of halogens is 1. The molecule has 2 aromatic heterocycles. The summed E-state index contributed by atoms with van der Waals surface area (Å²) in [6.07, 6.45) is 9.30. The molecule has 122 valence electrons. The van der Waals surface area contributed by atoms with Crippen molar-refractivity contribution in [2.75, 3.05) is 19.0 Å². The van der Waals surface area contributed by atoms with E-state index in [1.807, 2.05) is 22.7 Å². The van der Waals surface area contributed by atoms with Crippen molar-refractivity contribution < 1.29 is 4.79 Å². The average Bonchev–Trinajstić information content (AvgIpc) is 3.01. The van der Waals surface area contributed by atoms with Crippen molar-refractivity contribution in [1.29, 1.82) is 0 Å². The Morgan fingerprint density at radius 3 is 2.61 bits per heavy atom. The van der Waals surface area contributed by atoms with E-state index in [-0.39, 0.29) is 5.91 Å². The molecule has 1 amide bonds. The normalized spacial score (nSPS) is 15.8. The minimum atomic E-state index is 0.141. The molecule has 2 aromatic rings. The first kappa shape index (κ1) is 15.9. The molecule has 0 atom stereocenters. The number of amides is 1. The summed E-state index contributed by atoms with van der Waals surface area (Å²) in [6.45, 7) is 1.49. The number of piperidine rings is 1. The zero-order chi connectivity index (χ0) is 16.2. The number of aromatic nitrogens is 4. The molecule has 1 aliphatic heterocycles. The topological polar surface area (TPSA) is 63.9 Å². The number of alkyl halides is 1. The van der Waals surface area contributed by atoms with Crippen LogP contribution in [0.3, 0.4) is 0 Å². The number of likely N-dealkylation sites (tertiary alicyclic amines) is 1. The quantitative estimate of drug-likeness (QED) is 0.805. The second kappa shape index (κ2) is 7.08. The molecule has 3 heterocycles. The number of hydrogen-bond acceptors (Lipinski definition) is 4. The van der Waals surface area contributed by atoms with E-state index < -0.39 is 0 Å². The molecule has 7 heteroatoms. The number of aryl methyl sites for hydroxylation is 1. The van der Waals surface area contributed by atoms with Crippen molar-refractivity contribution in [1.82, 2.24) is 24.4 Å². The van der Waals surface area contributed by atoms with E-state index in [9.17, 15) is 4.79 Å². The van der Waals surface area contributed by atoms with Gasteiger partial charge in [-0.2, -0.15) is 0 Å². The van der Waals surface area contributed by atoms with Gasteiger partial charge in [0, 0.05) is 63.1 Å². The number of carbonyl (C=O) groups excluding carboxylic acids is 1. The van der Waals surface area contributed by atoms with Gasteiger partial charge in [0.2, 0.25) is 5.91 Å². The Morgan fingerprint density at radius 1 is 1.22 bits per heavy atom. The monoisotopic (exact) mass is 333 g/mol. The Morgan fingerprint density at radius 2 is 1.96 bits per heavy atom. The maximum Gasteiger partial charge on any atom is 0.223 e. The SMILES string of the molecule is Cn1ccnc1-c1nccnc1C1CCN(C(=O)CCCl)CC1. The van der Waals surface area contributed by atoms with E-state index in [0.717, 1.165) is 43.1 Å². The van der Waals surface area contributed by atoms with E-state index in [2.05, 4.69) is 15.0 Å². The highest BCUT2D eigenvalue weighted by molar-refractivity contribution is 6.18.